The quantitative estimate of drug-likeness (QED) is 0.570. The first-order valence-electron chi connectivity index (χ1n) is 12.1. The molecule has 3 heterocycles. The highest BCUT2D eigenvalue weighted by Gasteiger charge is 2.67. The van der Waals surface area contributed by atoms with E-state index in [1.54, 1.807) is 0 Å². The number of fused-ring (bicyclic) bond motifs is 1. The molecule has 0 radical (unpaired) electrons. The Morgan fingerprint density at radius 3 is 2.67 bits per heavy atom. The van der Waals surface area contributed by atoms with Gasteiger partial charge in [0.2, 0.25) is 5.91 Å². The number of nitrogens with zero attached hydrogens (tertiary/aromatic N) is 1. The van der Waals surface area contributed by atoms with Gasteiger partial charge in [-0.15, -0.1) is 0 Å². The van der Waals surface area contributed by atoms with Crippen LogP contribution in [-0.2, 0) is 17.9 Å². The average molecular weight is 486 g/mol. The molecule has 1 saturated carbocycles. The fourth-order valence-electron chi connectivity index (χ4n) is 6.75. The van der Waals surface area contributed by atoms with Crippen molar-refractivity contribution in [1.82, 2.24) is 15.5 Å². The van der Waals surface area contributed by atoms with Gasteiger partial charge in [0, 0.05) is 31.6 Å². The molecule has 3 saturated heterocycles. The summed E-state index contributed by atoms with van der Waals surface area (Å²) in [7, 11) is 0. The largest absolute Gasteiger partial charge is 0.350 e. The number of hydrogen-bond acceptors (Lipinski definition) is 3. The molecule has 0 aromatic heterocycles. The molecule has 4 nitrogen and oxygen atoms in total. The molecule has 6 heteroatoms. The summed E-state index contributed by atoms with van der Waals surface area (Å²) in [5.74, 6) is 2.22. The van der Waals surface area contributed by atoms with Gasteiger partial charge in [0.05, 0.1) is 10.0 Å². The van der Waals surface area contributed by atoms with Gasteiger partial charge in [-0.05, 0) is 60.4 Å². The van der Waals surface area contributed by atoms with E-state index < -0.39 is 5.54 Å². The third kappa shape index (κ3) is 4.20. The second-order valence-corrected chi connectivity index (χ2v) is 11.3. The minimum Gasteiger partial charge on any atom is -0.350 e. The third-order valence-electron chi connectivity index (χ3n) is 8.00. The lowest BCUT2D eigenvalue weighted by Gasteiger charge is -2.56. The molecule has 1 aliphatic carbocycles. The lowest BCUT2D eigenvalue weighted by Crippen LogP contribution is -2.76. The van der Waals surface area contributed by atoms with Crippen LogP contribution in [0.25, 0.3) is 0 Å². The van der Waals surface area contributed by atoms with Gasteiger partial charge in [0.25, 0.3) is 0 Å². The summed E-state index contributed by atoms with van der Waals surface area (Å²) in [6, 6.07) is 16.3. The van der Waals surface area contributed by atoms with Crippen molar-refractivity contribution in [1.29, 1.82) is 0 Å². The van der Waals surface area contributed by atoms with Gasteiger partial charge in [-0.25, -0.2) is 0 Å². The maximum absolute atomic E-state index is 13.9. The maximum Gasteiger partial charge on any atom is 0.242 e. The first-order chi connectivity index (χ1) is 15.9. The van der Waals surface area contributed by atoms with Crippen molar-refractivity contribution >= 4 is 29.1 Å². The topological polar surface area (TPSA) is 44.4 Å². The molecular formula is C27H33Cl2N3O. The molecular weight excluding hydrogens is 453 g/mol. The highest BCUT2D eigenvalue weighted by molar-refractivity contribution is 6.42. The Kier molecular flexibility index (Phi) is 6.47. The van der Waals surface area contributed by atoms with Gasteiger partial charge < -0.3 is 10.6 Å². The van der Waals surface area contributed by atoms with Gasteiger partial charge in [0.15, 0.2) is 0 Å². The van der Waals surface area contributed by atoms with Gasteiger partial charge >= 0.3 is 0 Å². The SMILES string of the molecule is CC(C)C[C@@H]1[C@@H]2CN[C@@]3(C(=O)NCc4ccccc4)[C@@H](C2)CN(Cc2ccc(Cl)c(Cl)c2)[C@@H]13. The maximum atomic E-state index is 13.9. The van der Waals surface area contributed by atoms with Crippen molar-refractivity contribution in [2.75, 3.05) is 13.1 Å². The highest BCUT2D eigenvalue weighted by atomic mass is 35.5. The molecule has 2 aromatic rings. The Morgan fingerprint density at radius 2 is 1.94 bits per heavy atom. The molecule has 5 atom stereocenters. The number of hydrogen-bond donors (Lipinski definition) is 2. The van der Waals surface area contributed by atoms with Crippen LogP contribution in [0.15, 0.2) is 48.5 Å². The number of piperidine rings is 2. The summed E-state index contributed by atoms with van der Waals surface area (Å²) in [6.45, 7) is 7.81. The smallest absolute Gasteiger partial charge is 0.242 e. The number of amides is 1. The Hall–Kier alpha value is -1.59. The van der Waals surface area contributed by atoms with Gasteiger partial charge in [-0.2, -0.15) is 0 Å². The second-order valence-electron chi connectivity index (χ2n) is 10.5. The predicted octanol–water partition coefficient (Wildman–Crippen LogP) is 5.13. The number of nitrogens with one attached hydrogen (secondary N) is 2. The Morgan fingerprint density at radius 1 is 1.15 bits per heavy atom. The third-order valence-corrected chi connectivity index (χ3v) is 8.74. The van der Waals surface area contributed by atoms with Crippen LogP contribution in [0.4, 0.5) is 0 Å². The molecule has 1 amide bonds. The normalized spacial score (nSPS) is 30.7. The fourth-order valence-corrected chi connectivity index (χ4v) is 7.07. The Labute approximate surface area is 207 Å². The van der Waals surface area contributed by atoms with E-state index in [-0.39, 0.29) is 11.9 Å². The van der Waals surface area contributed by atoms with Crippen molar-refractivity contribution in [2.24, 2.45) is 23.7 Å². The van der Waals surface area contributed by atoms with E-state index in [4.69, 9.17) is 23.2 Å². The highest BCUT2D eigenvalue weighted by Crippen LogP contribution is 2.54. The second kappa shape index (κ2) is 9.22. The fraction of sp³-hybridized carbons (Fsp3) is 0.519. The first-order valence-corrected chi connectivity index (χ1v) is 12.9. The molecule has 6 rings (SSSR count). The molecule has 2 N–H and O–H groups in total. The standard InChI is InChI=1S/C27H33Cl2N3O/c1-17(2)10-22-20-12-21-16-32(15-19-8-9-23(28)24(29)11-19)25(22)27(21,31-14-20)26(33)30-13-18-6-4-3-5-7-18/h3-9,11,17,20-22,25,31H,10,12-16H2,1-2H3,(H,30,33)/t20-,21-,22+,25-,27-/m0/s1. The number of carbonyl (C=O) groups excluding carboxylic acids is 1. The van der Waals surface area contributed by atoms with E-state index in [1.165, 1.54) is 0 Å². The lowest BCUT2D eigenvalue weighted by atomic mass is 9.58. The number of carbonyl (C=O) groups is 1. The van der Waals surface area contributed by atoms with Gasteiger partial charge in [-0.3, -0.25) is 9.69 Å². The first kappa shape index (κ1) is 23.2. The average Bonchev–Trinajstić information content (AvgIpc) is 3.06. The van der Waals surface area contributed by atoms with Crippen molar-refractivity contribution < 1.29 is 4.79 Å². The predicted molar refractivity (Wildman–Crippen MR) is 134 cm³/mol. The molecule has 3 aliphatic heterocycles. The zero-order chi connectivity index (χ0) is 23.2. The zero-order valence-corrected chi connectivity index (χ0v) is 20.9. The van der Waals surface area contributed by atoms with Crippen LogP contribution in [0.5, 0.6) is 0 Å². The summed E-state index contributed by atoms with van der Waals surface area (Å²) in [6.07, 6.45) is 2.27. The minimum atomic E-state index is -0.528. The molecule has 4 bridgehead atoms. The van der Waals surface area contributed by atoms with Crippen molar-refractivity contribution in [3.8, 4) is 0 Å². The van der Waals surface area contributed by atoms with E-state index in [0.29, 0.717) is 40.3 Å². The number of halogens is 2. The lowest BCUT2D eigenvalue weighted by molar-refractivity contribution is -0.139. The monoisotopic (exact) mass is 485 g/mol. The minimum absolute atomic E-state index is 0.157. The molecule has 0 unspecified atom stereocenters. The number of likely N-dealkylation sites (tertiary alicyclic amines) is 1. The van der Waals surface area contributed by atoms with Crippen LogP contribution in [0.2, 0.25) is 10.0 Å². The summed E-state index contributed by atoms with van der Waals surface area (Å²) >= 11 is 12.5. The van der Waals surface area contributed by atoms with Crippen LogP contribution in [0, 0.1) is 23.7 Å². The van der Waals surface area contributed by atoms with E-state index in [2.05, 4.69) is 47.6 Å². The molecule has 176 valence electrons. The van der Waals surface area contributed by atoms with Crippen molar-refractivity contribution in [2.45, 2.75) is 51.4 Å². The number of rotatable bonds is 7. The van der Waals surface area contributed by atoms with Crippen molar-refractivity contribution in [3.63, 3.8) is 0 Å². The van der Waals surface area contributed by atoms with Crippen LogP contribution in [-0.4, -0.2) is 35.5 Å². The van der Waals surface area contributed by atoms with E-state index in [9.17, 15) is 4.79 Å². The molecule has 4 aliphatic rings. The molecule has 33 heavy (non-hydrogen) atoms. The molecule has 2 aromatic carbocycles. The van der Waals surface area contributed by atoms with Crippen LogP contribution in [0.3, 0.4) is 0 Å². The summed E-state index contributed by atoms with van der Waals surface area (Å²) in [4.78, 5) is 16.4. The summed E-state index contributed by atoms with van der Waals surface area (Å²) in [5, 5.41) is 8.23. The number of benzene rings is 2. The summed E-state index contributed by atoms with van der Waals surface area (Å²) < 4.78 is 0. The van der Waals surface area contributed by atoms with Crippen LogP contribution < -0.4 is 10.6 Å². The zero-order valence-electron chi connectivity index (χ0n) is 19.4. The van der Waals surface area contributed by atoms with Gasteiger partial charge in [-0.1, -0.05) is 73.4 Å². The molecule has 0 spiro atoms. The molecule has 4 fully saturated rings. The van der Waals surface area contributed by atoms with E-state index in [0.717, 1.165) is 43.6 Å². The Balaban J connectivity index is 1.44. The van der Waals surface area contributed by atoms with Gasteiger partial charge in [0.1, 0.15) is 5.54 Å². The van der Waals surface area contributed by atoms with Crippen LogP contribution >= 0.6 is 23.2 Å². The van der Waals surface area contributed by atoms with E-state index in [1.807, 2.05) is 30.3 Å². The summed E-state index contributed by atoms with van der Waals surface area (Å²) in [5.41, 5.74) is 1.75. The Bertz CT molecular complexity index is 1010. The van der Waals surface area contributed by atoms with E-state index >= 15 is 0 Å². The van der Waals surface area contributed by atoms with Crippen LogP contribution in [0.1, 0.15) is 37.8 Å². The van der Waals surface area contributed by atoms with Crippen molar-refractivity contribution in [3.05, 3.63) is 69.7 Å².